The van der Waals surface area contributed by atoms with Gasteiger partial charge in [0.05, 0.1) is 17.2 Å². The fraction of sp³-hybridized carbons (Fsp3) is 0.524. The number of aromatic nitrogens is 2. The molecule has 2 heterocycles. The lowest BCUT2D eigenvalue weighted by Crippen LogP contribution is -2.38. The zero-order valence-electron chi connectivity index (χ0n) is 16.5. The number of nitro benzene ring substituents is 1. The monoisotopic (exact) mass is 397 g/mol. The highest BCUT2D eigenvalue weighted by atomic mass is 16.6. The first-order valence-electron chi connectivity index (χ1n) is 10.5. The fourth-order valence-corrected chi connectivity index (χ4v) is 4.53. The van der Waals surface area contributed by atoms with Crippen molar-refractivity contribution in [1.82, 2.24) is 9.78 Å². The average Bonchev–Trinajstić information content (AvgIpc) is 3.22. The third-order valence-electron chi connectivity index (χ3n) is 6.13. The SMILES string of the molecule is O=C(Nc1ccnn1C1CCCCC1)C1CCN(c2ccccc2[N+](=O)[O-])CC1. The number of para-hydroxylation sites is 2. The zero-order valence-corrected chi connectivity index (χ0v) is 16.5. The van der Waals surface area contributed by atoms with Crippen LogP contribution in [0.2, 0.25) is 0 Å². The van der Waals surface area contributed by atoms with Gasteiger partial charge in [0.15, 0.2) is 0 Å². The van der Waals surface area contributed by atoms with Crippen LogP contribution < -0.4 is 10.2 Å². The Labute approximate surface area is 170 Å². The van der Waals surface area contributed by atoms with Gasteiger partial charge in [-0.1, -0.05) is 31.4 Å². The van der Waals surface area contributed by atoms with Gasteiger partial charge >= 0.3 is 0 Å². The summed E-state index contributed by atoms with van der Waals surface area (Å²) in [6.45, 7) is 1.26. The standard InChI is InChI=1S/C21H27N5O3/c27-21(23-20-10-13-22-25(20)17-6-2-1-3-7-17)16-11-14-24(15-12-16)18-8-4-5-9-19(18)26(28)29/h4-5,8-10,13,16-17H,1-3,6-7,11-12,14-15H2,(H,23,27). The van der Waals surface area contributed by atoms with E-state index in [4.69, 9.17) is 0 Å². The normalized spacial score (nSPS) is 18.6. The number of nitrogens with one attached hydrogen (secondary N) is 1. The molecule has 4 rings (SSSR count). The summed E-state index contributed by atoms with van der Waals surface area (Å²) in [5.74, 6) is 0.705. The van der Waals surface area contributed by atoms with Gasteiger partial charge in [-0.2, -0.15) is 5.10 Å². The Hall–Kier alpha value is -2.90. The molecule has 1 saturated heterocycles. The van der Waals surface area contributed by atoms with E-state index in [0.717, 1.165) is 18.7 Å². The van der Waals surface area contributed by atoms with Gasteiger partial charge in [-0.05, 0) is 31.7 Å². The van der Waals surface area contributed by atoms with Crippen molar-refractivity contribution in [3.8, 4) is 0 Å². The van der Waals surface area contributed by atoms with Gasteiger partial charge in [-0.15, -0.1) is 0 Å². The Bertz CT molecular complexity index is 867. The van der Waals surface area contributed by atoms with Crippen LogP contribution in [0.3, 0.4) is 0 Å². The Kier molecular flexibility index (Phi) is 5.78. The van der Waals surface area contributed by atoms with E-state index in [1.165, 1.54) is 25.3 Å². The van der Waals surface area contributed by atoms with Crippen molar-refractivity contribution in [2.24, 2.45) is 5.92 Å². The molecule has 1 N–H and O–H groups in total. The minimum absolute atomic E-state index is 0.0183. The molecule has 0 bridgehead atoms. The Morgan fingerprint density at radius 2 is 1.79 bits per heavy atom. The van der Waals surface area contributed by atoms with Gasteiger partial charge in [-0.3, -0.25) is 14.9 Å². The van der Waals surface area contributed by atoms with Crippen molar-refractivity contribution in [3.63, 3.8) is 0 Å². The molecule has 0 unspecified atom stereocenters. The second-order valence-electron chi connectivity index (χ2n) is 7.95. The molecule has 8 nitrogen and oxygen atoms in total. The first-order chi connectivity index (χ1) is 14.1. The van der Waals surface area contributed by atoms with Crippen LogP contribution in [0, 0.1) is 16.0 Å². The summed E-state index contributed by atoms with van der Waals surface area (Å²) in [4.78, 5) is 25.8. The number of carbonyl (C=O) groups is 1. The molecule has 0 radical (unpaired) electrons. The van der Waals surface area contributed by atoms with Crippen LogP contribution in [-0.2, 0) is 4.79 Å². The molecule has 2 aliphatic rings. The number of hydrogen-bond donors (Lipinski definition) is 1. The van der Waals surface area contributed by atoms with Crippen molar-refractivity contribution in [2.45, 2.75) is 51.0 Å². The molecule has 1 aromatic carbocycles. The molecule has 0 atom stereocenters. The van der Waals surface area contributed by atoms with Crippen LogP contribution >= 0.6 is 0 Å². The van der Waals surface area contributed by atoms with E-state index in [1.54, 1.807) is 18.3 Å². The predicted molar refractivity (Wildman–Crippen MR) is 111 cm³/mol. The zero-order chi connectivity index (χ0) is 20.2. The number of hydrogen-bond acceptors (Lipinski definition) is 5. The minimum atomic E-state index is -0.347. The highest BCUT2D eigenvalue weighted by Crippen LogP contribution is 2.32. The smallest absolute Gasteiger partial charge is 0.292 e. The predicted octanol–water partition coefficient (Wildman–Crippen LogP) is 4.15. The largest absolute Gasteiger partial charge is 0.366 e. The maximum atomic E-state index is 12.8. The molecular weight excluding hydrogens is 370 g/mol. The van der Waals surface area contributed by atoms with Crippen molar-refractivity contribution < 1.29 is 9.72 Å². The Morgan fingerprint density at radius 3 is 2.52 bits per heavy atom. The third kappa shape index (κ3) is 4.26. The second kappa shape index (κ2) is 8.63. The molecule has 29 heavy (non-hydrogen) atoms. The van der Waals surface area contributed by atoms with Crippen molar-refractivity contribution in [1.29, 1.82) is 0 Å². The summed E-state index contributed by atoms with van der Waals surface area (Å²) in [5, 5.41) is 18.8. The number of piperidine rings is 1. The van der Waals surface area contributed by atoms with E-state index >= 15 is 0 Å². The van der Waals surface area contributed by atoms with E-state index in [-0.39, 0.29) is 22.4 Å². The molecule has 1 aliphatic carbocycles. The van der Waals surface area contributed by atoms with Crippen LogP contribution in [0.5, 0.6) is 0 Å². The van der Waals surface area contributed by atoms with Gasteiger partial charge in [0.1, 0.15) is 11.5 Å². The summed E-state index contributed by atoms with van der Waals surface area (Å²) in [7, 11) is 0. The molecule has 2 fully saturated rings. The molecule has 8 heteroatoms. The number of carbonyl (C=O) groups excluding carboxylic acids is 1. The maximum Gasteiger partial charge on any atom is 0.292 e. The molecule has 1 amide bonds. The van der Waals surface area contributed by atoms with Crippen LogP contribution in [0.4, 0.5) is 17.2 Å². The fourth-order valence-electron chi connectivity index (χ4n) is 4.53. The number of nitro groups is 1. The van der Waals surface area contributed by atoms with Gasteiger partial charge in [0, 0.05) is 31.1 Å². The summed E-state index contributed by atoms with van der Waals surface area (Å²) in [6.07, 6.45) is 9.02. The van der Waals surface area contributed by atoms with Crippen molar-refractivity contribution in [2.75, 3.05) is 23.3 Å². The quantitative estimate of drug-likeness (QED) is 0.604. The molecule has 1 aromatic heterocycles. The highest BCUT2D eigenvalue weighted by molar-refractivity contribution is 5.92. The van der Waals surface area contributed by atoms with Crippen molar-refractivity contribution in [3.05, 3.63) is 46.6 Å². The van der Waals surface area contributed by atoms with E-state index in [1.807, 2.05) is 21.7 Å². The summed E-state index contributed by atoms with van der Waals surface area (Å²) >= 11 is 0. The van der Waals surface area contributed by atoms with Crippen LogP contribution in [0.15, 0.2) is 36.5 Å². The van der Waals surface area contributed by atoms with E-state index < -0.39 is 0 Å². The van der Waals surface area contributed by atoms with Gasteiger partial charge in [0.25, 0.3) is 5.69 Å². The van der Waals surface area contributed by atoms with Crippen molar-refractivity contribution >= 4 is 23.1 Å². The number of anilines is 2. The molecule has 154 valence electrons. The summed E-state index contributed by atoms with van der Waals surface area (Å²) in [5.41, 5.74) is 0.749. The lowest BCUT2D eigenvalue weighted by atomic mass is 9.95. The second-order valence-corrected chi connectivity index (χ2v) is 7.95. The first kappa shape index (κ1) is 19.4. The number of nitrogens with zero attached hydrogens (tertiary/aromatic N) is 4. The third-order valence-corrected chi connectivity index (χ3v) is 6.13. The highest BCUT2D eigenvalue weighted by Gasteiger charge is 2.29. The molecule has 2 aromatic rings. The lowest BCUT2D eigenvalue weighted by Gasteiger charge is -2.32. The molecule has 1 saturated carbocycles. The lowest BCUT2D eigenvalue weighted by molar-refractivity contribution is -0.384. The molecule has 0 spiro atoms. The molecule has 1 aliphatic heterocycles. The average molecular weight is 397 g/mol. The van der Waals surface area contributed by atoms with Crippen LogP contribution in [-0.4, -0.2) is 33.7 Å². The topological polar surface area (TPSA) is 93.3 Å². The van der Waals surface area contributed by atoms with E-state index in [9.17, 15) is 14.9 Å². The van der Waals surface area contributed by atoms with Gasteiger partial charge in [0.2, 0.25) is 5.91 Å². The van der Waals surface area contributed by atoms with Crippen LogP contribution in [0.25, 0.3) is 0 Å². The van der Waals surface area contributed by atoms with Crippen LogP contribution in [0.1, 0.15) is 51.0 Å². The number of rotatable bonds is 5. The van der Waals surface area contributed by atoms with Gasteiger partial charge < -0.3 is 10.2 Å². The van der Waals surface area contributed by atoms with E-state index in [2.05, 4.69) is 10.4 Å². The number of benzene rings is 1. The summed E-state index contributed by atoms with van der Waals surface area (Å²) < 4.78 is 1.97. The summed E-state index contributed by atoms with van der Waals surface area (Å²) in [6, 6.07) is 9.04. The first-order valence-corrected chi connectivity index (χ1v) is 10.5. The Morgan fingerprint density at radius 1 is 1.07 bits per heavy atom. The maximum absolute atomic E-state index is 12.8. The van der Waals surface area contributed by atoms with Gasteiger partial charge in [-0.25, -0.2) is 4.68 Å². The number of amides is 1. The Balaban J connectivity index is 1.37. The minimum Gasteiger partial charge on any atom is -0.366 e. The molecular formula is C21H27N5O3. The van der Waals surface area contributed by atoms with E-state index in [0.29, 0.717) is 37.7 Å².